The lowest BCUT2D eigenvalue weighted by Crippen LogP contribution is -2.37. The van der Waals surface area contributed by atoms with E-state index in [1.807, 2.05) is 0 Å². The first kappa shape index (κ1) is 6.35. The summed E-state index contributed by atoms with van der Waals surface area (Å²) in [5, 5.41) is 2.96. The Bertz CT molecular complexity index is 123. The normalized spacial score (nSPS) is 25.4. The van der Waals surface area contributed by atoms with Gasteiger partial charge in [-0.05, 0) is 0 Å². The summed E-state index contributed by atoms with van der Waals surface area (Å²) in [4.78, 5) is 3.94. The van der Waals surface area contributed by atoms with Crippen LogP contribution in [0.15, 0.2) is 4.99 Å². The molecular formula is C5H11N3O. The molecule has 1 heterocycles. The van der Waals surface area contributed by atoms with Crippen LogP contribution in [0.4, 0.5) is 0 Å². The largest absolute Gasteiger partial charge is 0.382 e. The van der Waals surface area contributed by atoms with Crippen molar-refractivity contribution in [3.05, 3.63) is 0 Å². The SMILES string of the molecule is COCC1CN=C(N)N1. The molecule has 0 aromatic rings. The van der Waals surface area contributed by atoms with Crippen molar-refractivity contribution in [3.8, 4) is 0 Å². The Kier molecular flexibility index (Phi) is 1.89. The van der Waals surface area contributed by atoms with Gasteiger partial charge >= 0.3 is 0 Å². The van der Waals surface area contributed by atoms with Gasteiger partial charge in [0.1, 0.15) is 0 Å². The second kappa shape index (κ2) is 2.68. The van der Waals surface area contributed by atoms with Gasteiger partial charge in [0, 0.05) is 7.11 Å². The van der Waals surface area contributed by atoms with Crippen LogP contribution in [0.25, 0.3) is 0 Å². The summed E-state index contributed by atoms with van der Waals surface area (Å²) >= 11 is 0. The highest BCUT2D eigenvalue weighted by Crippen LogP contribution is 1.92. The van der Waals surface area contributed by atoms with Gasteiger partial charge in [0.2, 0.25) is 0 Å². The Morgan fingerprint density at radius 2 is 2.78 bits per heavy atom. The maximum absolute atomic E-state index is 5.34. The van der Waals surface area contributed by atoms with E-state index in [1.165, 1.54) is 0 Å². The molecule has 0 aromatic carbocycles. The second-order valence-electron chi connectivity index (χ2n) is 2.02. The molecule has 0 aliphatic carbocycles. The molecule has 4 nitrogen and oxygen atoms in total. The third kappa shape index (κ3) is 1.57. The Balaban J connectivity index is 2.21. The van der Waals surface area contributed by atoms with Crippen LogP contribution in [-0.4, -0.2) is 32.3 Å². The van der Waals surface area contributed by atoms with Crippen LogP contribution in [0.3, 0.4) is 0 Å². The fourth-order valence-electron chi connectivity index (χ4n) is 0.805. The first-order valence-electron chi connectivity index (χ1n) is 2.88. The van der Waals surface area contributed by atoms with Crippen LogP contribution in [0.5, 0.6) is 0 Å². The molecule has 4 heteroatoms. The number of rotatable bonds is 2. The van der Waals surface area contributed by atoms with Crippen LogP contribution in [0.2, 0.25) is 0 Å². The van der Waals surface area contributed by atoms with E-state index in [4.69, 9.17) is 10.5 Å². The molecule has 1 atom stereocenters. The average molecular weight is 129 g/mol. The van der Waals surface area contributed by atoms with Crippen LogP contribution < -0.4 is 11.1 Å². The molecular weight excluding hydrogens is 118 g/mol. The minimum atomic E-state index is 0.287. The van der Waals surface area contributed by atoms with E-state index in [2.05, 4.69) is 10.3 Å². The van der Waals surface area contributed by atoms with Gasteiger partial charge in [-0.25, -0.2) is 0 Å². The molecule has 0 radical (unpaired) electrons. The van der Waals surface area contributed by atoms with Crippen molar-refractivity contribution in [3.63, 3.8) is 0 Å². The van der Waals surface area contributed by atoms with Gasteiger partial charge in [-0.3, -0.25) is 4.99 Å². The van der Waals surface area contributed by atoms with E-state index in [0.29, 0.717) is 12.6 Å². The van der Waals surface area contributed by atoms with Crippen LogP contribution >= 0.6 is 0 Å². The lowest BCUT2D eigenvalue weighted by Gasteiger charge is -2.07. The van der Waals surface area contributed by atoms with Crippen molar-refractivity contribution in [2.45, 2.75) is 6.04 Å². The number of nitrogens with one attached hydrogen (secondary N) is 1. The number of aliphatic imine (C=N–C) groups is 1. The van der Waals surface area contributed by atoms with Crippen LogP contribution in [0, 0.1) is 0 Å². The molecule has 0 fully saturated rings. The molecule has 3 N–H and O–H groups in total. The zero-order valence-electron chi connectivity index (χ0n) is 5.42. The molecule has 1 aliphatic rings. The second-order valence-corrected chi connectivity index (χ2v) is 2.02. The average Bonchev–Trinajstić information content (AvgIpc) is 2.17. The number of guanidine groups is 1. The third-order valence-corrected chi connectivity index (χ3v) is 1.20. The predicted octanol–water partition coefficient (Wildman–Crippen LogP) is -1.08. The van der Waals surface area contributed by atoms with Gasteiger partial charge in [-0.2, -0.15) is 0 Å². The van der Waals surface area contributed by atoms with Crippen molar-refractivity contribution in [1.82, 2.24) is 5.32 Å². The summed E-state index contributed by atoms with van der Waals surface area (Å²) in [5.74, 6) is 0.525. The third-order valence-electron chi connectivity index (χ3n) is 1.20. The molecule has 0 amide bonds. The van der Waals surface area contributed by atoms with E-state index in [1.54, 1.807) is 7.11 Å². The van der Waals surface area contributed by atoms with Gasteiger partial charge in [-0.15, -0.1) is 0 Å². The van der Waals surface area contributed by atoms with Crippen molar-refractivity contribution in [2.24, 2.45) is 10.7 Å². The monoisotopic (exact) mass is 129 g/mol. The first-order chi connectivity index (χ1) is 4.33. The van der Waals surface area contributed by atoms with Crippen molar-refractivity contribution >= 4 is 5.96 Å². The summed E-state index contributed by atoms with van der Waals surface area (Å²) in [7, 11) is 1.66. The predicted molar refractivity (Wildman–Crippen MR) is 35.3 cm³/mol. The smallest absolute Gasteiger partial charge is 0.189 e. The fraction of sp³-hybridized carbons (Fsp3) is 0.800. The number of hydrogen-bond acceptors (Lipinski definition) is 4. The first-order valence-corrected chi connectivity index (χ1v) is 2.88. The standard InChI is InChI=1S/C5H11N3O/c1-9-3-4-2-7-5(6)8-4/h4H,2-3H2,1H3,(H3,6,7,8). The summed E-state index contributed by atoms with van der Waals surface area (Å²) in [6, 6.07) is 0.287. The van der Waals surface area contributed by atoms with Gasteiger partial charge < -0.3 is 15.8 Å². The van der Waals surface area contributed by atoms with E-state index < -0.39 is 0 Å². The fourth-order valence-corrected chi connectivity index (χ4v) is 0.805. The molecule has 1 unspecified atom stereocenters. The maximum Gasteiger partial charge on any atom is 0.189 e. The quantitative estimate of drug-likeness (QED) is 0.498. The molecule has 0 saturated carbocycles. The molecule has 0 spiro atoms. The van der Waals surface area contributed by atoms with Crippen molar-refractivity contribution in [1.29, 1.82) is 0 Å². The topological polar surface area (TPSA) is 59.6 Å². The number of nitrogens with two attached hydrogens (primary N) is 1. The maximum atomic E-state index is 5.34. The van der Waals surface area contributed by atoms with Crippen LogP contribution in [-0.2, 0) is 4.74 Å². The number of methoxy groups -OCH3 is 1. The Morgan fingerprint density at radius 3 is 3.22 bits per heavy atom. The molecule has 52 valence electrons. The number of ether oxygens (including phenoxy) is 1. The van der Waals surface area contributed by atoms with Crippen molar-refractivity contribution < 1.29 is 4.74 Å². The Hall–Kier alpha value is -0.770. The van der Waals surface area contributed by atoms with Gasteiger partial charge in [0.25, 0.3) is 0 Å². The van der Waals surface area contributed by atoms with Crippen LogP contribution in [0.1, 0.15) is 0 Å². The van der Waals surface area contributed by atoms with Gasteiger partial charge in [-0.1, -0.05) is 0 Å². The summed E-state index contributed by atoms with van der Waals surface area (Å²) in [5.41, 5.74) is 5.34. The lowest BCUT2D eigenvalue weighted by molar-refractivity contribution is 0.179. The highest BCUT2D eigenvalue weighted by atomic mass is 16.5. The highest BCUT2D eigenvalue weighted by molar-refractivity contribution is 5.79. The minimum absolute atomic E-state index is 0.287. The Labute approximate surface area is 54.1 Å². The highest BCUT2D eigenvalue weighted by Gasteiger charge is 2.13. The van der Waals surface area contributed by atoms with E-state index in [9.17, 15) is 0 Å². The van der Waals surface area contributed by atoms with Crippen molar-refractivity contribution in [2.75, 3.05) is 20.3 Å². The zero-order valence-corrected chi connectivity index (χ0v) is 5.42. The summed E-state index contributed by atoms with van der Waals surface area (Å²) in [6.07, 6.45) is 0. The Morgan fingerprint density at radius 1 is 2.00 bits per heavy atom. The van der Waals surface area contributed by atoms with E-state index in [0.717, 1.165) is 6.54 Å². The molecule has 1 aliphatic heterocycles. The van der Waals surface area contributed by atoms with Gasteiger partial charge in [0.05, 0.1) is 19.2 Å². The number of nitrogens with zero attached hydrogens (tertiary/aromatic N) is 1. The lowest BCUT2D eigenvalue weighted by atomic mass is 10.3. The zero-order chi connectivity index (χ0) is 6.69. The summed E-state index contributed by atoms with van der Waals surface area (Å²) < 4.78 is 4.88. The molecule has 0 saturated heterocycles. The van der Waals surface area contributed by atoms with Gasteiger partial charge in [0.15, 0.2) is 5.96 Å². The van der Waals surface area contributed by atoms with E-state index >= 15 is 0 Å². The molecule has 0 aromatic heterocycles. The summed E-state index contributed by atoms with van der Waals surface area (Å²) in [6.45, 7) is 1.41. The van der Waals surface area contributed by atoms with E-state index in [-0.39, 0.29) is 6.04 Å². The number of hydrogen-bond donors (Lipinski definition) is 2. The minimum Gasteiger partial charge on any atom is -0.382 e. The molecule has 9 heavy (non-hydrogen) atoms. The molecule has 0 bridgehead atoms. The molecule has 1 rings (SSSR count).